The lowest BCUT2D eigenvalue weighted by Gasteiger charge is -2.19. The smallest absolute Gasteiger partial charge is 0.314 e. The number of rotatable bonds is 6. The summed E-state index contributed by atoms with van der Waals surface area (Å²) in [6.07, 6.45) is 0. The van der Waals surface area contributed by atoms with E-state index in [2.05, 4.69) is 5.32 Å². The van der Waals surface area contributed by atoms with E-state index in [1.165, 1.54) is 11.3 Å². The number of hydrogen-bond donors (Lipinski definition) is 1. The van der Waals surface area contributed by atoms with Gasteiger partial charge in [-0.3, -0.25) is 9.59 Å². The molecule has 0 aliphatic rings. The maximum atomic E-state index is 12.4. The molecule has 1 amide bonds. The van der Waals surface area contributed by atoms with E-state index in [-0.39, 0.29) is 5.92 Å². The fourth-order valence-electron chi connectivity index (χ4n) is 2.35. The number of thiophene rings is 1. The van der Waals surface area contributed by atoms with Crippen LogP contribution >= 0.6 is 22.9 Å². The molecule has 1 heterocycles. The van der Waals surface area contributed by atoms with Gasteiger partial charge in [0.1, 0.15) is 11.1 Å². The molecule has 2 aromatic rings. The SMILES string of the molecule is CC(C)[C@@H](C(=O)OCC(=O)Nc1sccc1C#N)c1ccc(Cl)cc1. The monoisotopic (exact) mass is 376 g/mol. The summed E-state index contributed by atoms with van der Waals surface area (Å²) in [4.78, 5) is 24.4. The summed E-state index contributed by atoms with van der Waals surface area (Å²) < 4.78 is 5.17. The molecule has 1 N–H and O–H groups in total. The number of carbonyl (C=O) groups excluding carboxylic acids is 2. The third-order valence-electron chi connectivity index (χ3n) is 3.53. The van der Waals surface area contributed by atoms with E-state index in [0.29, 0.717) is 15.6 Å². The lowest BCUT2D eigenvalue weighted by atomic mass is 9.88. The highest BCUT2D eigenvalue weighted by Crippen LogP contribution is 2.27. The topological polar surface area (TPSA) is 79.2 Å². The van der Waals surface area contributed by atoms with Gasteiger partial charge in [-0.05, 0) is 35.1 Å². The Kier molecular flexibility index (Phi) is 6.57. The van der Waals surface area contributed by atoms with Crippen LogP contribution in [0.3, 0.4) is 0 Å². The van der Waals surface area contributed by atoms with Gasteiger partial charge in [-0.25, -0.2) is 0 Å². The molecule has 0 saturated carbocycles. The third-order valence-corrected chi connectivity index (χ3v) is 4.62. The first-order chi connectivity index (χ1) is 11.9. The van der Waals surface area contributed by atoms with Crippen molar-refractivity contribution in [3.05, 3.63) is 51.9 Å². The molecule has 130 valence electrons. The Labute approximate surface area is 155 Å². The van der Waals surface area contributed by atoms with E-state index in [1.807, 2.05) is 19.9 Å². The molecule has 2 rings (SSSR count). The number of nitrogens with one attached hydrogen (secondary N) is 1. The number of carbonyl (C=O) groups is 2. The van der Waals surface area contributed by atoms with Gasteiger partial charge in [0.05, 0.1) is 11.5 Å². The van der Waals surface area contributed by atoms with Crippen molar-refractivity contribution < 1.29 is 14.3 Å². The van der Waals surface area contributed by atoms with Gasteiger partial charge in [-0.1, -0.05) is 37.6 Å². The highest BCUT2D eigenvalue weighted by atomic mass is 35.5. The molecular weight excluding hydrogens is 360 g/mol. The standard InChI is InChI=1S/C18H17ClN2O3S/c1-11(2)16(12-3-5-14(19)6-4-12)18(23)24-10-15(22)21-17-13(9-20)7-8-25-17/h3-8,11,16H,10H2,1-2H3,(H,21,22)/t16-/m1/s1. The van der Waals surface area contributed by atoms with Crippen molar-refractivity contribution in [2.75, 3.05) is 11.9 Å². The highest BCUT2D eigenvalue weighted by Gasteiger charge is 2.26. The lowest BCUT2D eigenvalue weighted by Crippen LogP contribution is -2.26. The van der Waals surface area contributed by atoms with Gasteiger partial charge in [0.25, 0.3) is 5.91 Å². The Hall–Kier alpha value is -2.36. The molecular formula is C18H17ClN2O3S. The van der Waals surface area contributed by atoms with Crippen LogP contribution < -0.4 is 5.32 Å². The van der Waals surface area contributed by atoms with E-state index in [4.69, 9.17) is 21.6 Å². The number of hydrogen-bond acceptors (Lipinski definition) is 5. The van der Waals surface area contributed by atoms with Gasteiger partial charge in [0.2, 0.25) is 0 Å². The second-order valence-corrected chi connectivity index (χ2v) is 7.06. The van der Waals surface area contributed by atoms with Crippen LogP contribution in [0.1, 0.15) is 30.9 Å². The lowest BCUT2D eigenvalue weighted by molar-refractivity contribution is -0.149. The van der Waals surface area contributed by atoms with Crippen LogP contribution in [-0.2, 0) is 14.3 Å². The summed E-state index contributed by atoms with van der Waals surface area (Å²) in [7, 11) is 0. The quantitative estimate of drug-likeness (QED) is 0.766. The first-order valence-electron chi connectivity index (χ1n) is 7.62. The number of esters is 1. The highest BCUT2D eigenvalue weighted by molar-refractivity contribution is 7.14. The van der Waals surface area contributed by atoms with Crippen LogP contribution in [-0.4, -0.2) is 18.5 Å². The molecule has 5 nitrogen and oxygen atoms in total. The summed E-state index contributed by atoms with van der Waals surface area (Å²) in [5.41, 5.74) is 1.17. The number of nitrogens with zero attached hydrogens (tertiary/aromatic N) is 1. The molecule has 0 radical (unpaired) electrons. The summed E-state index contributed by atoms with van der Waals surface area (Å²) in [6.45, 7) is 3.41. The van der Waals surface area contributed by atoms with Gasteiger partial charge in [0, 0.05) is 5.02 Å². The van der Waals surface area contributed by atoms with Crippen LogP contribution in [0.5, 0.6) is 0 Å². The van der Waals surface area contributed by atoms with E-state index < -0.39 is 24.4 Å². The van der Waals surface area contributed by atoms with Crippen molar-refractivity contribution in [3.8, 4) is 6.07 Å². The van der Waals surface area contributed by atoms with E-state index >= 15 is 0 Å². The van der Waals surface area contributed by atoms with Crippen molar-refractivity contribution in [3.63, 3.8) is 0 Å². The zero-order valence-corrected chi connectivity index (χ0v) is 15.4. The zero-order chi connectivity index (χ0) is 18.4. The van der Waals surface area contributed by atoms with Gasteiger partial charge >= 0.3 is 5.97 Å². The molecule has 1 aromatic heterocycles. The number of ether oxygens (including phenoxy) is 1. The Morgan fingerprint density at radius 2 is 1.96 bits per heavy atom. The number of anilines is 1. The number of halogens is 1. The summed E-state index contributed by atoms with van der Waals surface area (Å²) in [5.74, 6) is -1.44. The molecule has 25 heavy (non-hydrogen) atoms. The molecule has 0 fully saturated rings. The number of benzene rings is 1. The molecule has 0 aliphatic carbocycles. The van der Waals surface area contributed by atoms with Crippen LogP contribution in [0.4, 0.5) is 5.00 Å². The summed E-state index contributed by atoms with van der Waals surface area (Å²) in [6, 6.07) is 10.6. The van der Waals surface area contributed by atoms with E-state index in [0.717, 1.165) is 5.56 Å². The van der Waals surface area contributed by atoms with Gasteiger partial charge in [-0.15, -0.1) is 11.3 Å². The second-order valence-electron chi connectivity index (χ2n) is 5.70. The average molecular weight is 377 g/mol. The van der Waals surface area contributed by atoms with Crippen LogP contribution in [0, 0.1) is 17.2 Å². The maximum absolute atomic E-state index is 12.4. The Morgan fingerprint density at radius 3 is 2.56 bits per heavy atom. The zero-order valence-electron chi connectivity index (χ0n) is 13.8. The fourth-order valence-corrected chi connectivity index (χ4v) is 3.23. The molecule has 0 spiro atoms. The fraction of sp³-hybridized carbons (Fsp3) is 0.278. The molecule has 1 atom stereocenters. The summed E-state index contributed by atoms with van der Waals surface area (Å²) in [5, 5.41) is 14.2. The van der Waals surface area contributed by atoms with Crippen LogP contribution in [0.2, 0.25) is 5.02 Å². The van der Waals surface area contributed by atoms with Gasteiger partial charge in [0.15, 0.2) is 6.61 Å². The van der Waals surface area contributed by atoms with Gasteiger partial charge in [-0.2, -0.15) is 5.26 Å². The van der Waals surface area contributed by atoms with Crippen molar-refractivity contribution in [1.82, 2.24) is 0 Å². The van der Waals surface area contributed by atoms with Crippen molar-refractivity contribution in [1.29, 1.82) is 5.26 Å². The predicted molar refractivity (Wildman–Crippen MR) is 97.7 cm³/mol. The average Bonchev–Trinajstić information content (AvgIpc) is 3.01. The van der Waals surface area contributed by atoms with Crippen molar-refractivity contribution in [2.24, 2.45) is 5.92 Å². The number of nitriles is 1. The minimum atomic E-state index is -0.485. The normalized spacial score (nSPS) is 11.6. The summed E-state index contributed by atoms with van der Waals surface area (Å²) >= 11 is 7.12. The third kappa shape index (κ3) is 5.05. The molecule has 7 heteroatoms. The Bertz CT molecular complexity index is 793. The first kappa shape index (κ1) is 19.0. The Balaban J connectivity index is 1.98. The van der Waals surface area contributed by atoms with E-state index in [9.17, 15) is 9.59 Å². The molecule has 0 saturated heterocycles. The minimum absolute atomic E-state index is 0.000718. The first-order valence-corrected chi connectivity index (χ1v) is 8.87. The van der Waals surface area contributed by atoms with Crippen LogP contribution in [0.15, 0.2) is 35.7 Å². The van der Waals surface area contributed by atoms with E-state index in [1.54, 1.807) is 35.7 Å². The minimum Gasteiger partial charge on any atom is -0.455 e. The largest absolute Gasteiger partial charge is 0.455 e. The maximum Gasteiger partial charge on any atom is 0.314 e. The molecule has 1 aromatic carbocycles. The van der Waals surface area contributed by atoms with Crippen molar-refractivity contribution in [2.45, 2.75) is 19.8 Å². The number of amides is 1. The Morgan fingerprint density at radius 1 is 1.28 bits per heavy atom. The molecule has 0 unspecified atom stereocenters. The van der Waals surface area contributed by atoms with Crippen LogP contribution in [0.25, 0.3) is 0 Å². The van der Waals surface area contributed by atoms with Crippen molar-refractivity contribution >= 4 is 39.8 Å². The predicted octanol–water partition coefficient (Wildman–Crippen LogP) is 4.19. The second kappa shape index (κ2) is 8.65. The van der Waals surface area contributed by atoms with Gasteiger partial charge < -0.3 is 10.1 Å². The molecule has 0 bridgehead atoms. The molecule has 0 aliphatic heterocycles.